The molecule has 6 aromatic rings. The zero-order chi connectivity index (χ0) is 51.1. The van der Waals surface area contributed by atoms with Crippen molar-refractivity contribution in [2.75, 3.05) is 36.0 Å². The lowest BCUT2D eigenvalue weighted by atomic mass is 10.1. The molecule has 0 aromatic carbocycles. The van der Waals surface area contributed by atoms with Crippen molar-refractivity contribution in [1.29, 1.82) is 10.5 Å². The number of nitrogens with one attached hydrogen (secondary N) is 1. The van der Waals surface area contributed by atoms with Gasteiger partial charge in [-0.2, -0.15) is 20.5 Å². The van der Waals surface area contributed by atoms with Gasteiger partial charge in [-0.25, -0.2) is 24.4 Å². The summed E-state index contributed by atoms with van der Waals surface area (Å²) in [6.45, 7) is 11.3. The molecule has 2 fully saturated rings. The van der Waals surface area contributed by atoms with Gasteiger partial charge in [-0.05, 0) is 60.3 Å². The molecule has 368 valence electrons. The molecule has 0 unspecified atom stereocenters. The second kappa shape index (κ2) is 21.4. The first-order chi connectivity index (χ1) is 34.0. The molecule has 0 aliphatic carbocycles. The van der Waals surface area contributed by atoms with E-state index in [4.69, 9.17) is 15.5 Å². The number of aromatic nitrogens is 12. The number of ether oxygens (including phenoxy) is 1. The van der Waals surface area contributed by atoms with Crippen molar-refractivity contribution >= 4 is 40.3 Å². The molecule has 0 spiro atoms. The van der Waals surface area contributed by atoms with Gasteiger partial charge in [0.2, 0.25) is 11.9 Å². The van der Waals surface area contributed by atoms with E-state index in [2.05, 4.69) is 53.9 Å². The van der Waals surface area contributed by atoms with Crippen LogP contribution in [0, 0.1) is 46.3 Å². The quantitative estimate of drug-likeness (QED) is 0.188. The van der Waals surface area contributed by atoms with Crippen molar-refractivity contribution < 1.29 is 9.53 Å². The fourth-order valence-electron chi connectivity index (χ4n) is 8.49. The van der Waals surface area contributed by atoms with E-state index in [0.29, 0.717) is 31.5 Å². The summed E-state index contributed by atoms with van der Waals surface area (Å²) >= 11 is 0. The molecule has 0 saturated carbocycles. The molecule has 2 atom stereocenters. The molecule has 1 amide bonds. The number of imidazole rings is 2. The van der Waals surface area contributed by atoms with Crippen LogP contribution < -0.4 is 43.3 Å². The van der Waals surface area contributed by atoms with Crippen LogP contribution in [-0.2, 0) is 45.0 Å². The van der Waals surface area contributed by atoms with Gasteiger partial charge < -0.3 is 25.6 Å². The summed E-state index contributed by atoms with van der Waals surface area (Å²) in [5.74, 6) is 12.7. The minimum absolute atomic E-state index is 0.0100. The largest absolute Gasteiger partial charge is 0.444 e. The molecule has 8 heterocycles. The normalized spacial score (nSPS) is 15.6. The van der Waals surface area contributed by atoms with Crippen LogP contribution in [0.1, 0.15) is 83.1 Å². The molecule has 6 aromatic heterocycles. The number of nitriles is 2. The van der Waals surface area contributed by atoms with Gasteiger partial charge in [-0.3, -0.25) is 47.0 Å². The summed E-state index contributed by atoms with van der Waals surface area (Å²) in [6, 6.07) is 3.70. The van der Waals surface area contributed by atoms with E-state index in [-0.39, 0.29) is 83.4 Å². The molecule has 24 nitrogen and oxygen atoms in total. The topological polar surface area (TPSA) is 294 Å². The Balaban J connectivity index is 0.000000213. The maximum Gasteiger partial charge on any atom is 0.407 e. The Kier molecular flexibility index (Phi) is 15.1. The third-order valence-corrected chi connectivity index (χ3v) is 11.8. The number of carbonyl (C=O) groups is 1. The number of rotatable bonds is 9. The number of carbonyl (C=O) groups excluding carboxylic acids is 1. The third kappa shape index (κ3) is 10.7. The molecular formula is C47H54N18O6. The van der Waals surface area contributed by atoms with E-state index in [1.54, 1.807) is 50.8 Å². The predicted molar refractivity (Wildman–Crippen MR) is 261 cm³/mol. The van der Waals surface area contributed by atoms with E-state index >= 15 is 0 Å². The SMILES string of the molecule is CC#CCn1c(N2CCC[C@@H](N)C2)nc2c1c(=O)n(Cc1nccnc1C#N)c(=O)n2C.CC#CCn1c(N2CCC[C@@H](NC(=O)OC(C)(C)C)C2)nc2c1c(=O)n(Cc1nccnc1C#N)c(=O)n2C. The van der Waals surface area contributed by atoms with E-state index in [0.717, 1.165) is 41.4 Å². The number of piperidine rings is 2. The fraction of sp³-hybridized carbons (Fsp3) is 0.468. The highest BCUT2D eigenvalue weighted by Gasteiger charge is 2.30. The van der Waals surface area contributed by atoms with Crippen molar-refractivity contribution in [3.63, 3.8) is 0 Å². The first kappa shape index (κ1) is 50.3. The molecule has 0 bridgehead atoms. The van der Waals surface area contributed by atoms with Gasteiger partial charge in [0.05, 0.1) is 37.6 Å². The molecule has 2 saturated heterocycles. The van der Waals surface area contributed by atoms with Crippen LogP contribution in [0.15, 0.2) is 44.0 Å². The average molecular weight is 967 g/mol. The van der Waals surface area contributed by atoms with Crippen LogP contribution in [0.3, 0.4) is 0 Å². The van der Waals surface area contributed by atoms with E-state index in [1.807, 2.05) is 21.9 Å². The number of amides is 1. The average Bonchev–Trinajstić information content (AvgIpc) is 3.94. The van der Waals surface area contributed by atoms with Crippen molar-refractivity contribution in [2.45, 2.75) is 104 Å². The summed E-state index contributed by atoms with van der Waals surface area (Å²) in [6.07, 6.45) is 8.47. The van der Waals surface area contributed by atoms with Crippen molar-refractivity contribution in [3.05, 3.63) is 89.2 Å². The maximum atomic E-state index is 13.7. The minimum Gasteiger partial charge on any atom is -0.444 e. The van der Waals surface area contributed by atoms with Crippen molar-refractivity contribution in [3.8, 4) is 35.8 Å². The highest BCUT2D eigenvalue weighted by atomic mass is 16.6. The van der Waals surface area contributed by atoms with Crippen molar-refractivity contribution in [1.82, 2.24) is 62.6 Å². The summed E-state index contributed by atoms with van der Waals surface area (Å²) in [5, 5.41) is 21.6. The van der Waals surface area contributed by atoms with Gasteiger partial charge in [0.25, 0.3) is 11.1 Å². The third-order valence-electron chi connectivity index (χ3n) is 11.8. The molecule has 8 rings (SSSR count). The highest BCUT2D eigenvalue weighted by molar-refractivity contribution is 5.76. The van der Waals surface area contributed by atoms with Gasteiger partial charge in [0, 0.05) is 77.1 Å². The Morgan fingerprint density at radius 2 is 1.17 bits per heavy atom. The number of nitrogens with two attached hydrogens (primary N) is 1. The number of nitrogens with zero attached hydrogens (tertiary/aromatic N) is 16. The predicted octanol–water partition coefficient (Wildman–Crippen LogP) is 0.681. The second-order valence-corrected chi connectivity index (χ2v) is 17.9. The zero-order valence-corrected chi connectivity index (χ0v) is 40.6. The Morgan fingerprint density at radius 1 is 0.718 bits per heavy atom. The summed E-state index contributed by atoms with van der Waals surface area (Å²) in [7, 11) is 3.11. The fourth-order valence-corrected chi connectivity index (χ4v) is 8.49. The van der Waals surface area contributed by atoms with E-state index in [9.17, 15) is 34.5 Å². The Hall–Kier alpha value is -8.61. The molecule has 24 heteroatoms. The number of anilines is 2. The van der Waals surface area contributed by atoms with Gasteiger partial charge in [-0.15, -0.1) is 11.8 Å². The number of hydrogen-bond acceptors (Lipinski definition) is 17. The molecular weight excluding hydrogens is 913 g/mol. The number of hydrogen-bond donors (Lipinski definition) is 2. The Labute approximate surface area is 407 Å². The summed E-state index contributed by atoms with van der Waals surface area (Å²) < 4.78 is 13.6. The van der Waals surface area contributed by atoms with Crippen LogP contribution >= 0.6 is 0 Å². The van der Waals surface area contributed by atoms with Gasteiger partial charge >= 0.3 is 17.5 Å². The second-order valence-electron chi connectivity index (χ2n) is 17.9. The van der Waals surface area contributed by atoms with Crippen LogP contribution in [0.5, 0.6) is 0 Å². The number of fused-ring (bicyclic) bond motifs is 2. The molecule has 2 aliphatic heterocycles. The lowest BCUT2D eigenvalue weighted by molar-refractivity contribution is 0.0499. The first-order valence-corrected chi connectivity index (χ1v) is 22.8. The van der Waals surface area contributed by atoms with Crippen molar-refractivity contribution in [2.24, 2.45) is 19.8 Å². The van der Waals surface area contributed by atoms with Crippen LogP contribution in [-0.4, -0.2) is 107 Å². The van der Waals surface area contributed by atoms with Gasteiger partial charge in [0.15, 0.2) is 33.7 Å². The van der Waals surface area contributed by atoms with Crippen LogP contribution in [0.4, 0.5) is 16.7 Å². The molecule has 3 N–H and O–H groups in total. The maximum absolute atomic E-state index is 13.7. The van der Waals surface area contributed by atoms with E-state index < -0.39 is 34.2 Å². The standard InChI is InChI=1S/C26H31N9O4.C21H23N9O2/c1-6-7-13-34-20-21(31-23(34)33-12-8-9-17(15-33)30-24(37)39-26(2,3)4)32(5)25(38)35(22(20)36)16-19-18(14-27)28-10-11-29-19;1-3-4-10-29-17-18(26-20(29)28-9-5-6-14(23)12-28)27(2)21(32)30(19(17)31)13-16-15(11-22)24-7-8-25-16/h10-11,17H,8-9,12-13,15-16H2,1-5H3,(H,30,37);7-8,14H,5-6,9-10,12-13,23H2,1-2H3/t17-;14-/m11/s1. The lowest BCUT2D eigenvalue weighted by Crippen LogP contribution is -2.49. The van der Waals surface area contributed by atoms with Crippen LogP contribution in [0.2, 0.25) is 0 Å². The molecule has 0 radical (unpaired) electrons. The van der Waals surface area contributed by atoms with Gasteiger partial charge in [-0.1, -0.05) is 11.8 Å². The number of alkyl carbamates (subject to hydrolysis) is 1. The smallest absolute Gasteiger partial charge is 0.407 e. The number of aryl methyl sites for hydroxylation is 2. The molecule has 2 aliphatic rings. The lowest BCUT2D eigenvalue weighted by Gasteiger charge is -2.34. The zero-order valence-electron chi connectivity index (χ0n) is 40.6. The highest BCUT2D eigenvalue weighted by Crippen LogP contribution is 2.25. The van der Waals surface area contributed by atoms with Crippen LogP contribution in [0.25, 0.3) is 22.3 Å². The summed E-state index contributed by atoms with van der Waals surface area (Å²) in [5.41, 5.74) is 4.85. The Morgan fingerprint density at radius 3 is 1.61 bits per heavy atom. The van der Waals surface area contributed by atoms with Gasteiger partial charge in [0.1, 0.15) is 17.7 Å². The minimum atomic E-state index is -0.616. The monoisotopic (exact) mass is 966 g/mol. The Bertz CT molecular complexity index is 3480. The van der Waals surface area contributed by atoms with E-state index in [1.165, 1.54) is 41.0 Å². The summed E-state index contributed by atoms with van der Waals surface area (Å²) in [4.78, 5) is 95.6. The molecule has 71 heavy (non-hydrogen) atoms. The first-order valence-electron chi connectivity index (χ1n) is 22.8.